The van der Waals surface area contributed by atoms with Crippen molar-refractivity contribution in [2.24, 2.45) is 11.8 Å². The first kappa shape index (κ1) is 21.4. The third kappa shape index (κ3) is 4.33. The molecule has 2 fully saturated rings. The lowest BCUT2D eigenvalue weighted by atomic mass is 9.74. The molecule has 0 radical (unpaired) electrons. The van der Waals surface area contributed by atoms with Crippen LogP contribution >= 0.6 is 0 Å². The molecule has 160 valence electrons. The molecule has 1 aromatic heterocycles. The molecule has 2 aliphatic rings. The molecule has 1 N–H and O–H groups in total. The third-order valence-electron chi connectivity index (χ3n) is 6.50. The number of nitrogens with zero attached hydrogens (tertiary/aromatic N) is 2. The van der Waals surface area contributed by atoms with Gasteiger partial charge in [-0.05, 0) is 43.2 Å². The molecule has 29 heavy (non-hydrogen) atoms. The lowest BCUT2D eigenvalue weighted by Gasteiger charge is -2.41. The molecule has 4 amide bonds. The Balaban J connectivity index is 1.69. The summed E-state index contributed by atoms with van der Waals surface area (Å²) in [6, 6.07) is 3.16. The lowest BCUT2D eigenvalue weighted by molar-refractivity contribution is -0.137. The van der Waals surface area contributed by atoms with E-state index in [0.717, 1.165) is 25.7 Å². The van der Waals surface area contributed by atoms with E-state index in [4.69, 9.17) is 4.42 Å². The largest absolute Gasteiger partial charge is 0.467 e. The monoisotopic (exact) mass is 403 g/mol. The summed E-state index contributed by atoms with van der Waals surface area (Å²) < 4.78 is 5.33. The molecule has 2 saturated heterocycles. The molecule has 2 atom stereocenters. The molecule has 3 rings (SSSR count). The average molecular weight is 404 g/mol. The highest BCUT2D eigenvalue weighted by Crippen LogP contribution is 2.37. The van der Waals surface area contributed by atoms with Crippen molar-refractivity contribution in [3.8, 4) is 0 Å². The average Bonchev–Trinajstić information content (AvgIpc) is 3.31. The van der Waals surface area contributed by atoms with Crippen LogP contribution in [-0.4, -0.2) is 46.3 Å². The van der Waals surface area contributed by atoms with Crippen LogP contribution < -0.4 is 5.32 Å². The van der Waals surface area contributed by atoms with Crippen molar-refractivity contribution >= 4 is 17.8 Å². The van der Waals surface area contributed by atoms with Gasteiger partial charge < -0.3 is 14.6 Å². The molecule has 0 aromatic carbocycles. The second kappa shape index (κ2) is 9.01. The number of piperidine rings is 1. The van der Waals surface area contributed by atoms with Crippen LogP contribution in [-0.2, 0) is 16.1 Å². The maximum Gasteiger partial charge on any atom is 0.325 e. The van der Waals surface area contributed by atoms with Gasteiger partial charge in [0.1, 0.15) is 11.3 Å². The fourth-order valence-electron chi connectivity index (χ4n) is 4.58. The smallest absolute Gasteiger partial charge is 0.325 e. The highest BCUT2D eigenvalue weighted by atomic mass is 16.3. The van der Waals surface area contributed by atoms with Gasteiger partial charge in [0.05, 0.1) is 12.8 Å². The maximum atomic E-state index is 13.4. The van der Waals surface area contributed by atoms with Gasteiger partial charge in [-0.2, -0.15) is 0 Å². The molecular formula is C22H33N3O4. The first-order valence-electron chi connectivity index (χ1n) is 10.9. The Morgan fingerprint density at radius 1 is 1.31 bits per heavy atom. The number of carbonyl (C=O) groups excluding carboxylic acids is 3. The standard InChI is InChI=1S/C22H33N3O4/c1-4-10-22(17-8-11-24(12-9-17)19(26)14-16(3)5-2)20(27)25(21(28)23-22)15-18-7-6-13-29-18/h6-7,13,16-17H,4-5,8-12,14-15H2,1-3H3,(H,23,28)/t16-,22+/m1/s1. The van der Waals surface area contributed by atoms with Crippen LogP contribution in [0, 0.1) is 11.8 Å². The number of amides is 4. The van der Waals surface area contributed by atoms with Gasteiger partial charge in [0, 0.05) is 19.5 Å². The van der Waals surface area contributed by atoms with Crippen LogP contribution in [0.25, 0.3) is 0 Å². The van der Waals surface area contributed by atoms with E-state index in [2.05, 4.69) is 19.2 Å². The summed E-state index contributed by atoms with van der Waals surface area (Å²) in [5.74, 6) is 1.05. The number of nitrogens with one attached hydrogen (secondary N) is 1. The van der Waals surface area contributed by atoms with Gasteiger partial charge in [0.15, 0.2) is 0 Å². The van der Waals surface area contributed by atoms with Crippen LogP contribution in [0.2, 0.25) is 0 Å². The van der Waals surface area contributed by atoms with Crippen molar-refractivity contribution in [2.75, 3.05) is 13.1 Å². The molecule has 0 bridgehead atoms. The van der Waals surface area contributed by atoms with Crippen LogP contribution in [0.4, 0.5) is 4.79 Å². The molecule has 7 heteroatoms. The fraction of sp³-hybridized carbons (Fsp3) is 0.682. The summed E-state index contributed by atoms with van der Waals surface area (Å²) in [7, 11) is 0. The van der Waals surface area contributed by atoms with E-state index < -0.39 is 5.54 Å². The minimum Gasteiger partial charge on any atom is -0.467 e. The topological polar surface area (TPSA) is 82.9 Å². The molecule has 0 aliphatic carbocycles. The number of hydrogen-bond acceptors (Lipinski definition) is 4. The molecular weight excluding hydrogens is 370 g/mol. The minimum absolute atomic E-state index is 0.0353. The molecule has 1 aromatic rings. The van der Waals surface area contributed by atoms with Crippen LogP contribution in [0.3, 0.4) is 0 Å². The van der Waals surface area contributed by atoms with Crippen molar-refractivity contribution in [1.82, 2.24) is 15.1 Å². The van der Waals surface area contributed by atoms with Crippen LogP contribution in [0.15, 0.2) is 22.8 Å². The highest BCUT2D eigenvalue weighted by molar-refractivity contribution is 6.07. The predicted molar refractivity (Wildman–Crippen MR) is 109 cm³/mol. The summed E-state index contributed by atoms with van der Waals surface area (Å²) >= 11 is 0. The SMILES string of the molecule is CCC[C@@]1(C2CCN(C(=O)C[C@H](C)CC)CC2)NC(=O)N(Cc2ccco2)C1=O. The number of furan rings is 1. The van der Waals surface area contributed by atoms with Crippen LogP contribution in [0.1, 0.15) is 65.1 Å². The number of rotatable bonds is 8. The normalized spacial score (nSPS) is 24.1. The van der Waals surface area contributed by atoms with E-state index in [1.807, 2.05) is 11.8 Å². The number of carbonyl (C=O) groups is 3. The molecule has 7 nitrogen and oxygen atoms in total. The van der Waals surface area contributed by atoms with Gasteiger partial charge in [0.2, 0.25) is 5.91 Å². The van der Waals surface area contributed by atoms with E-state index in [9.17, 15) is 14.4 Å². The zero-order valence-corrected chi connectivity index (χ0v) is 17.8. The second-order valence-corrected chi connectivity index (χ2v) is 8.49. The quantitative estimate of drug-likeness (QED) is 0.673. The van der Waals surface area contributed by atoms with Gasteiger partial charge in [-0.3, -0.25) is 14.5 Å². The Morgan fingerprint density at radius 3 is 2.62 bits per heavy atom. The van der Waals surface area contributed by atoms with Crippen molar-refractivity contribution in [3.05, 3.63) is 24.2 Å². The third-order valence-corrected chi connectivity index (χ3v) is 6.50. The predicted octanol–water partition coefficient (Wildman–Crippen LogP) is 3.55. The Labute approximate surface area is 172 Å². The number of hydrogen-bond donors (Lipinski definition) is 1. The molecule has 0 spiro atoms. The van der Waals surface area contributed by atoms with E-state index in [1.165, 1.54) is 4.90 Å². The Morgan fingerprint density at radius 2 is 2.03 bits per heavy atom. The number of imide groups is 1. The van der Waals surface area contributed by atoms with E-state index >= 15 is 0 Å². The van der Waals surface area contributed by atoms with Crippen molar-refractivity contribution in [1.29, 1.82) is 0 Å². The number of urea groups is 1. The summed E-state index contributed by atoms with van der Waals surface area (Å²) in [4.78, 5) is 41.7. The molecule has 0 unspecified atom stereocenters. The van der Waals surface area contributed by atoms with Gasteiger partial charge in [0.25, 0.3) is 5.91 Å². The first-order valence-corrected chi connectivity index (χ1v) is 10.9. The molecule has 0 saturated carbocycles. The zero-order chi connectivity index (χ0) is 21.0. The van der Waals surface area contributed by atoms with Gasteiger partial charge in [-0.15, -0.1) is 0 Å². The van der Waals surface area contributed by atoms with Crippen molar-refractivity contribution in [2.45, 2.75) is 71.4 Å². The molecule has 2 aliphatic heterocycles. The zero-order valence-electron chi connectivity index (χ0n) is 17.8. The van der Waals surface area contributed by atoms with Gasteiger partial charge in [-0.25, -0.2) is 4.79 Å². The van der Waals surface area contributed by atoms with Crippen LogP contribution in [0.5, 0.6) is 0 Å². The first-order chi connectivity index (χ1) is 13.9. The van der Waals surface area contributed by atoms with E-state index in [1.54, 1.807) is 18.4 Å². The van der Waals surface area contributed by atoms with Gasteiger partial charge in [-0.1, -0.05) is 33.6 Å². The number of likely N-dealkylation sites (tertiary alicyclic amines) is 1. The van der Waals surface area contributed by atoms with E-state index in [0.29, 0.717) is 37.6 Å². The maximum absolute atomic E-state index is 13.4. The summed E-state index contributed by atoms with van der Waals surface area (Å²) in [6.45, 7) is 7.67. The lowest BCUT2D eigenvalue weighted by Crippen LogP contribution is -2.56. The minimum atomic E-state index is -0.871. The Kier molecular flexibility index (Phi) is 6.65. The van der Waals surface area contributed by atoms with Crippen molar-refractivity contribution < 1.29 is 18.8 Å². The van der Waals surface area contributed by atoms with Crippen molar-refractivity contribution in [3.63, 3.8) is 0 Å². The van der Waals surface area contributed by atoms with Gasteiger partial charge >= 0.3 is 6.03 Å². The molecule has 3 heterocycles. The summed E-state index contributed by atoms with van der Waals surface area (Å²) in [5, 5.41) is 3.03. The summed E-state index contributed by atoms with van der Waals surface area (Å²) in [5.41, 5.74) is -0.871. The summed E-state index contributed by atoms with van der Waals surface area (Å²) in [6.07, 6.45) is 5.98. The highest BCUT2D eigenvalue weighted by Gasteiger charge is 2.55. The van der Waals surface area contributed by atoms with E-state index in [-0.39, 0.29) is 30.3 Å². The fourth-order valence-corrected chi connectivity index (χ4v) is 4.58. The Bertz CT molecular complexity index is 724. The Hall–Kier alpha value is -2.31. The second-order valence-electron chi connectivity index (χ2n) is 8.49.